The first-order valence-corrected chi connectivity index (χ1v) is 6.91. The molecule has 2 aromatic carbocycles. The fraction of sp³-hybridized carbons (Fsp3) is 0.118. The molecule has 0 aliphatic carbocycles. The van der Waals surface area contributed by atoms with Gasteiger partial charge in [0.05, 0.1) is 11.1 Å². The van der Waals surface area contributed by atoms with Gasteiger partial charge in [0.1, 0.15) is 0 Å². The summed E-state index contributed by atoms with van der Waals surface area (Å²) in [5.41, 5.74) is 0.119. The normalized spacial score (nSPS) is 12.5. The van der Waals surface area contributed by atoms with Gasteiger partial charge in [0.15, 0.2) is 5.58 Å². The molecule has 0 fully saturated rings. The third-order valence-electron chi connectivity index (χ3n) is 3.94. The summed E-state index contributed by atoms with van der Waals surface area (Å²) in [6, 6.07) is 9.15. The number of halogens is 3. The predicted molar refractivity (Wildman–Crippen MR) is 81.6 cm³/mol. The molecule has 3 nitrogen and oxygen atoms in total. The van der Waals surface area contributed by atoms with E-state index in [1.165, 1.54) is 6.07 Å². The number of alkyl halides is 3. The summed E-state index contributed by atoms with van der Waals surface area (Å²) in [6.45, 7) is 1.92. The van der Waals surface area contributed by atoms with Crippen LogP contribution in [-0.4, -0.2) is 4.98 Å². The van der Waals surface area contributed by atoms with Gasteiger partial charge in [-0.05, 0) is 24.6 Å². The van der Waals surface area contributed by atoms with Gasteiger partial charge >= 0.3 is 11.8 Å². The van der Waals surface area contributed by atoms with Gasteiger partial charge in [-0.25, -0.2) is 4.79 Å². The van der Waals surface area contributed by atoms with Gasteiger partial charge in [0.25, 0.3) is 0 Å². The van der Waals surface area contributed by atoms with Crippen LogP contribution in [0.15, 0.2) is 45.6 Å². The Bertz CT molecular complexity index is 1140. The van der Waals surface area contributed by atoms with Crippen molar-refractivity contribution in [1.29, 1.82) is 0 Å². The fourth-order valence-electron chi connectivity index (χ4n) is 2.94. The summed E-state index contributed by atoms with van der Waals surface area (Å²) in [4.78, 5) is 14.7. The largest absolute Gasteiger partial charge is 0.420 e. The summed E-state index contributed by atoms with van der Waals surface area (Å²) < 4.78 is 44.6. The second-order valence-corrected chi connectivity index (χ2v) is 5.52. The smallest absolute Gasteiger partial charge is 0.417 e. The Morgan fingerprint density at radius 1 is 1.00 bits per heavy atom. The lowest BCUT2D eigenvalue weighted by Gasteiger charge is -2.09. The number of hydrogen-bond donors (Lipinski definition) is 1. The average Bonchev–Trinajstić information content (AvgIpc) is 2.83. The van der Waals surface area contributed by atoms with Gasteiger partial charge in [-0.1, -0.05) is 18.2 Å². The molecule has 0 aliphatic rings. The molecule has 0 aliphatic heterocycles. The lowest BCUT2D eigenvalue weighted by Crippen LogP contribution is -2.11. The predicted octanol–water partition coefficient (Wildman–Crippen LogP) is 4.75. The van der Waals surface area contributed by atoms with Crippen molar-refractivity contribution in [1.82, 2.24) is 4.98 Å². The van der Waals surface area contributed by atoms with Crippen LogP contribution in [0.2, 0.25) is 0 Å². The molecule has 6 heteroatoms. The molecule has 2 aromatic heterocycles. The summed E-state index contributed by atoms with van der Waals surface area (Å²) in [6.07, 6.45) is -4.62. The second-order valence-electron chi connectivity index (χ2n) is 5.52. The number of rotatable bonds is 0. The molecule has 1 N–H and O–H groups in total. The third-order valence-corrected chi connectivity index (χ3v) is 3.94. The van der Waals surface area contributed by atoms with Crippen LogP contribution in [0.4, 0.5) is 13.2 Å². The van der Waals surface area contributed by atoms with Crippen LogP contribution in [0.3, 0.4) is 0 Å². The number of aromatic nitrogens is 1. The zero-order chi connectivity index (χ0) is 16.4. The highest BCUT2D eigenvalue weighted by Crippen LogP contribution is 2.37. The summed E-state index contributed by atoms with van der Waals surface area (Å²) in [5.74, 6) is 0. The molecular formula is C17H10F3NO2. The molecule has 0 saturated carbocycles. The first kappa shape index (κ1) is 13.9. The Kier molecular flexibility index (Phi) is 2.64. The molecule has 4 aromatic rings. The van der Waals surface area contributed by atoms with Crippen LogP contribution in [0.5, 0.6) is 0 Å². The molecule has 23 heavy (non-hydrogen) atoms. The van der Waals surface area contributed by atoms with Gasteiger partial charge in [0.2, 0.25) is 0 Å². The Labute approximate surface area is 127 Å². The molecule has 4 rings (SSSR count). The number of hydrogen-bond acceptors (Lipinski definition) is 2. The maximum absolute atomic E-state index is 13.2. The standard InChI is InChI=1S/C17H10F3NO2/c1-8-2-3-9-10-4-5-11-12(17(18,19)20)7-14(22)23-16(11)15(10)21-13(9)6-8/h2-7,21H,1H3. The zero-order valence-corrected chi connectivity index (χ0v) is 11.9. The minimum absolute atomic E-state index is 0.0730. The minimum atomic E-state index is -4.62. The zero-order valence-electron chi connectivity index (χ0n) is 11.9. The van der Waals surface area contributed by atoms with Crippen LogP contribution in [0, 0.1) is 6.92 Å². The summed E-state index contributed by atoms with van der Waals surface area (Å²) in [7, 11) is 0. The third kappa shape index (κ3) is 2.02. The van der Waals surface area contributed by atoms with Crippen molar-refractivity contribution in [2.75, 3.05) is 0 Å². The van der Waals surface area contributed by atoms with Crippen LogP contribution >= 0.6 is 0 Å². The molecule has 0 bridgehead atoms. The van der Waals surface area contributed by atoms with Crippen LogP contribution in [0.25, 0.3) is 32.8 Å². The first-order valence-electron chi connectivity index (χ1n) is 6.91. The highest BCUT2D eigenvalue weighted by Gasteiger charge is 2.34. The van der Waals surface area contributed by atoms with E-state index in [1.807, 2.05) is 25.1 Å². The molecule has 0 amide bonds. The van der Waals surface area contributed by atoms with E-state index in [-0.39, 0.29) is 11.0 Å². The van der Waals surface area contributed by atoms with E-state index >= 15 is 0 Å². The van der Waals surface area contributed by atoms with Crippen LogP contribution in [0.1, 0.15) is 11.1 Å². The lowest BCUT2D eigenvalue weighted by molar-refractivity contribution is -0.136. The molecule has 0 spiro atoms. The van der Waals surface area contributed by atoms with Gasteiger partial charge in [0, 0.05) is 27.7 Å². The van der Waals surface area contributed by atoms with E-state index in [1.54, 1.807) is 6.07 Å². The monoisotopic (exact) mass is 317 g/mol. The maximum Gasteiger partial charge on any atom is 0.417 e. The van der Waals surface area contributed by atoms with Gasteiger partial charge in [-0.15, -0.1) is 0 Å². The van der Waals surface area contributed by atoms with Crippen molar-refractivity contribution in [2.24, 2.45) is 0 Å². The minimum Gasteiger partial charge on any atom is -0.420 e. The van der Waals surface area contributed by atoms with E-state index in [9.17, 15) is 18.0 Å². The molecule has 116 valence electrons. The molecule has 0 radical (unpaired) electrons. The summed E-state index contributed by atoms with van der Waals surface area (Å²) in [5, 5.41) is 1.45. The van der Waals surface area contributed by atoms with Gasteiger partial charge < -0.3 is 9.40 Å². The Morgan fingerprint density at radius 2 is 1.70 bits per heavy atom. The molecular weight excluding hydrogens is 307 g/mol. The molecule has 2 heterocycles. The first-order chi connectivity index (χ1) is 10.8. The van der Waals surface area contributed by atoms with Gasteiger partial charge in [-0.3, -0.25) is 0 Å². The quantitative estimate of drug-likeness (QED) is 0.476. The lowest BCUT2D eigenvalue weighted by atomic mass is 10.1. The Hall–Kier alpha value is -2.76. The number of H-pyrrole nitrogens is 1. The number of nitrogens with one attached hydrogen (secondary N) is 1. The van der Waals surface area contributed by atoms with Crippen LogP contribution < -0.4 is 5.63 Å². The second kappa shape index (κ2) is 4.38. The van der Waals surface area contributed by atoms with Crippen molar-refractivity contribution in [3.05, 3.63) is 57.9 Å². The molecule has 0 saturated heterocycles. The van der Waals surface area contributed by atoms with Crippen molar-refractivity contribution in [2.45, 2.75) is 13.1 Å². The molecule has 0 unspecified atom stereocenters. The van der Waals surface area contributed by atoms with E-state index < -0.39 is 17.4 Å². The summed E-state index contributed by atoms with van der Waals surface area (Å²) >= 11 is 0. The van der Waals surface area contributed by atoms with Crippen molar-refractivity contribution < 1.29 is 17.6 Å². The van der Waals surface area contributed by atoms with E-state index in [4.69, 9.17) is 4.42 Å². The molecule has 0 atom stereocenters. The topological polar surface area (TPSA) is 46.0 Å². The number of aromatic amines is 1. The Morgan fingerprint density at radius 3 is 2.43 bits per heavy atom. The van der Waals surface area contributed by atoms with Crippen molar-refractivity contribution in [3.63, 3.8) is 0 Å². The SMILES string of the molecule is Cc1ccc2c(c1)[nH]c1c2ccc2c(C(F)(F)F)cc(=O)oc21. The van der Waals surface area contributed by atoms with E-state index in [0.29, 0.717) is 11.6 Å². The highest BCUT2D eigenvalue weighted by atomic mass is 19.4. The van der Waals surface area contributed by atoms with E-state index in [2.05, 4.69) is 4.98 Å². The van der Waals surface area contributed by atoms with Crippen LogP contribution in [-0.2, 0) is 6.18 Å². The highest BCUT2D eigenvalue weighted by molar-refractivity contribution is 6.15. The number of aryl methyl sites for hydroxylation is 1. The number of benzene rings is 2. The Balaban J connectivity index is 2.23. The van der Waals surface area contributed by atoms with Crippen molar-refractivity contribution in [3.8, 4) is 0 Å². The average molecular weight is 317 g/mol. The maximum atomic E-state index is 13.2. The fourth-order valence-corrected chi connectivity index (χ4v) is 2.94. The van der Waals surface area contributed by atoms with Gasteiger partial charge in [-0.2, -0.15) is 13.2 Å². The van der Waals surface area contributed by atoms with Crippen molar-refractivity contribution >= 4 is 32.8 Å². The van der Waals surface area contributed by atoms with E-state index in [0.717, 1.165) is 21.9 Å². The number of fused-ring (bicyclic) bond motifs is 5.